The molecule has 0 saturated carbocycles. The lowest BCUT2D eigenvalue weighted by Crippen LogP contribution is -2.52. The van der Waals surface area contributed by atoms with Crippen LogP contribution < -0.4 is 4.90 Å². The first-order chi connectivity index (χ1) is 12.9. The lowest BCUT2D eigenvalue weighted by Gasteiger charge is -2.32. The highest BCUT2D eigenvalue weighted by atomic mass is 35.5. The Morgan fingerprint density at radius 2 is 2.11 bits per heavy atom. The zero-order chi connectivity index (χ0) is 19.0. The van der Waals surface area contributed by atoms with Crippen LogP contribution >= 0.6 is 22.9 Å². The number of aromatic nitrogens is 2. The molecule has 0 atom stereocenters. The number of anilines is 1. The molecule has 27 heavy (non-hydrogen) atoms. The van der Waals surface area contributed by atoms with E-state index < -0.39 is 10.0 Å². The molecule has 1 amide bonds. The highest BCUT2D eigenvalue weighted by Crippen LogP contribution is 2.25. The van der Waals surface area contributed by atoms with Crippen LogP contribution in [0.5, 0.6) is 0 Å². The summed E-state index contributed by atoms with van der Waals surface area (Å²) in [6.07, 6.45) is 4.87. The number of carbonyl (C=O) groups is 1. The normalized spacial score (nSPS) is 16.6. The van der Waals surface area contributed by atoms with E-state index in [2.05, 4.69) is 9.97 Å². The van der Waals surface area contributed by atoms with E-state index in [0.717, 1.165) is 21.2 Å². The highest BCUT2D eigenvalue weighted by Gasteiger charge is 2.31. The number of nitrogens with zero attached hydrogens (tertiary/aromatic N) is 3. The average molecular weight is 423 g/mol. The number of aromatic amines is 1. The summed E-state index contributed by atoms with van der Waals surface area (Å²) < 4.78 is 26.8. The number of sulfonamides is 1. The summed E-state index contributed by atoms with van der Waals surface area (Å²) in [6, 6.07) is 7.11. The number of hydrogen-bond acceptors (Lipinski definition) is 5. The predicted molar refractivity (Wildman–Crippen MR) is 107 cm³/mol. The van der Waals surface area contributed by atoms with Crippen molar-refractivity contribution in [2.45, 2.75) is 0 Å². The second-order valence-electron chi connectivity index (χ2n) is 5.99. The van der Waals surface area contributed by atoms with Crippen molar-refractivity contribution in [3.05, 3.63) is 51.3 Å². The van der Waals surface area contributed by atoms with Crippen molar-refractivity contribution < 1.29 is 13.2 Å². The van der Waals surface area contributed by atoms with Gasteiger partial charge in [0.1, 0.15) is 5.82 Å². The van der Waals surface area contributed by atoms with Crippen LogP contribution in [0.25, 0.3) is 17.0 Å². The first-order valence-electron chi connectivity index (χ1n) is 8.09. The maximum Gasteiger partial charge on any atom is 0.243 e. The summed E-state index contributed by atoms with van der Waals surface area (Å²) in [6.45, 7) is 0.291. The quantitative estimate of drug-likeness (QED) is 0.700. The van der Waals surface area contributed by atoms with Gasteiger partial charge in [-0.25, -0.2) is 8.42 Å². The molecule has 7 nitrogen and oxygen atoms in total. The van der Waals surface area contributed by atoms with Gasteiger partial charge < -0.3 is 4.98 Å². The van der Waals surface area contributed by atoms with Gasteiger partial charge in [-0.15, -0.1) is 11.3 Å². The number of halogens is 1. The number of H-pyrrole nitrogens is 1. The fraction of sp³-hybridized carbons (Fsp3) is 0.176. The number of fused-ring (bicyclic) bond motifs is 1. The second-order valence-corrected chi connectivity index (χ2v) is 9.55. The maximum atomic E-state index is 12.6. The van der Waals surface area contributed by atoms with Gasteiger partial charge in [-0.1, -0.05) is 11.6 Å². The van der Waals surface area contributed by atoms with Crippen molar-refractivity contribution in [1.29, 1.82) is 0 Å². The molecule has 1 N–H and O–H groups in total. The number of piperazine rings is 1. The van der Waals surface area contributed by atoms with Crippen molar-refractivity contribution in [2.75, 3.05) is 24.5 Å². The van der Waals surface area contributed by atoms with Gasteiger partial charge in [-0.3, -0.25) is 14.7 Å². The van der Waals surface area contributed by atoms with E-state index in [1.807, 2.05) is 12.1 Å². The molecule has 0 unspecified atom stereocenters. The number of carbonyl (C=O) groups excluding carboxylic acids is 1. The third-order valence-corrected chi connectivity index (χ3v) is 6.95. The van der Waals surface area contributed by atoms with Gasteiger partial charge >= 0.3 is 0 Å². The van der Waals surface area contributed by atoms with Gasteiger partial charge in [-0.05, 0) is 30.3 Å². The summed E-state index contributed by atoms with van der Waals surface area (Å²) >= 11 is 7.14. The fourth-order valence-corrected chi connectivity index (χ4v) is 5.05. The lowest BCUT2D eigenvalue weighted by molar-refractivity contribution is -0.120. The molecular formula is C17H15ClN4O3S2. The highest BCUT2D eigenvalue weighted by molar-refractivity contribution is 7.92. The smallest absolute Gasteiger partial charge is 0.243 e. The number of thiophene rings is 1. The van der Waals surface area contributed by atoms with Crippen LogP contribution in [-0.4, -0.2) is 48.2 Å². The van der Waals surface area contributed by atoms with Crippen LogP contribution in [0.4, 0.5) is 5.82 Å². The molecule has 1 aliphatic heterocycles. The molecule has 0 spiro atoms. The minimum atomic E-state index is -3.69. The van der Waals surface area contributed by atoms with Crippen molar-refractivity contribution in [3.63, 3.8) is 0 Å². The summed E-state index contributed by atoms with van der Waals surface area (Å²) in [4.78, 5) is 22.1. The zero-order valence-corrected chi connectivity index (χ0v) is 16.4. The minimum Gasteiger partial charge on any atom is -0.341 e. The van der Waals surface area contributed by atoms with Crippen molar-refractivity contribution in [2.24, 2.45) is 0 Å². The molecule has 1 aliphatic rings. The number of hydrogen-bond donors (Lipinski definition) is 1. The van der Waals surface area contributed by atoms with E-state index in [9.17, 15) is 13.2 Å². The topological polar surface area (TPSA) is 86.4 Å². The van der Waals surface area contributed by atoms with Gasteiger partial charge in [0.2, 0.25) is 15.9 Å². The number of nitrogens with one attached hydrogen (secondary N) is 1. The largest absolute Gasteiger partial charge is 0.341 e. The Labute approximate surface area is 164 Å². The number of amides is 1. The van der Waals surface area contributed by atoms with E-state index in [1.54, 1.807) is 29.4 Å². The Hall–Kier alpha value is -2.20. The fourth-order valence-electron chi connectivity index (χ4n) is 2.88. The molecule has 4 rings (SSSR count). The molecule has 0 aromatic carbocycles. The molecule has 10 heteroatoms. The molecular weight excluding hydrogens is 408 g/mol. The molecule has 3 aromatic rings. The van der Waals surface area contributed by atoms with E-state index in [4.69, 9.17) is 11.6 Å². The number of rotatable bonds is 4. The standard InChI is InChI=1S/C17H15ClN4O3S2/c18-15-2-1-13(26-15)4-8-27(24,25)21-6-7-22(17(23)11-21)16-9-12-10-19-5-3-14(12)20-16/h1-5,8-10,20H,6-7,11H2/b8-4+. The Kier molecular flexibility index (Phi) is 4.77. The van der Waals surface area contributed by atoms with Gasteiger partial charge in [0.05, 0.1) is 16.4 Å². The summed E-state index contributed by atoms with van der Waals surface area (Å²) in [5, 5.41) is 2.01. The van der Waals surface area contributed by atoms with Crippen LogP contribution in [0.2, 0.25) is 4.34 Å². The first-order valence-corrected chi connectivity index (χ1v) is 10.8. The Morgan fingerprint density at radius 3 is 2.81 bits per heavy atom. The van der Waals surface area contributed by atoms with Crippen LogP contribution in [0.3, 0.4) is 0 Å². The van der Waals surface area contributed by atoms with Crippen LogP contribution in [0.1, 0.15) is 4.88 Å². The van der Waals surface area contributed by atoms with E-state index in [1.165, 1.54) is 21.7 Å². The Balaban J connectivity index is 1.49. The first kappa shape index (κ1) is 18.2. The molecule has 3 aromatic heterocycles. The summed E-state index contributed by atoms with van der Waals surface area (Å²) in [7, 11) is -3.69. The molecule has 1 fully saturated rings. The van der Waals surface area contributed by atoms with Gasteiger partial charge in [-0.2, -0.15) is 4.31 Å². The lowest BCUT2D eigenvalue weighted by atomic mass is 10.3. The molecule has 4 heterocycles. The van der Waals surface area contributed by atoms with Crippen LogP contribution in [0.15, 0.2) is 42.1 Å². The van der Waals surface area contributed by atoms with E-state index in [0.29, 0.717) is 10.2 Å². The third-order valence-electron chi connectivity index (χ3n) is 4.24. The zero-order valence-electron chi connectivity index (χ0n) is 14.0. The summed E-state index contributed by atoms with van der Waals surface area (Å²) in [5.41, 5.74) is 0.875. The minimum absolute atomic E-state index is 0.203. The van der Waals surface area contributed by atoms with Crippen molar-refractivity contribution >= 4 is 61.7 Å². The third kappa shape index (κ3) is 3.77. The Bertz CT molecular complexity index is 1100. The SMILES string of the molecule is O=C1CN(S(=O)(=O)/C=C/c2ccc(Cl)s2)CCN1c1cc2cnccc2[nH]1. The monoisotopic (exact) mass is 422 g/mol. The molecule has 140 valence electrons. The molecule has 1 saturated heterocycles. The predicted octanol–water partition coefficient (Wildman–Crippen LogP) is 2.93. The summed E-state index contributed by atoms with van der Waals surface area (Å²) in [5.74, 6) is 0.362. The van der Waals surface area contributed by atoms with Gasteiger partial charge in [0, 0.05) is 41.2 Å². The van der Waals surface area contributed by atoms with E-state index >= 15 is 0 Å². The molecule has 0 aliphatic carbocycles. The van der Waals surface area contributed by atoms with E-state index in [-0.39, 0.29) is 25.5 Å². The average Bonchev–Trinajstić information content (AvgIpc) is 3.25. The number of pyridine rings is 1. The van der Waals surface area contributed by atoms with Gasteiger partial charge in [0.15, 0.2) is 0 Å². The van der Waals surface area contributed by atoms with Crippen molar-refractivity contribution in [1.82, 2.24) is 14.3 Å². The maximum absolute atomic E-state index is 12.6. The van der Waals surface area contributed by atoms with Crippen LogP contribution in [-0.2, 0) is 14.8 Å². The van der Waals surface area contributed by atoms with Crippen molar-refractivity contribution in [3.8, 4) is 0 Å². The second kappa shape index (κ2) is 7.08. The Morgan fingerprint density at radius 1 is 1.26 bits per heavy atom. The van der Waals surface area contributed by atoms with Crippen LogP contribution in [0, 0.1) is 0 Å². The van der Waals surface area contributed by atoms with Gasteiger partial charge in [0.25, 0.3) is 0 Å². The molecule has 0 bridgehead atoms. The molecule has 0 radical (unpaired) electrons.